The minimum Gasteiger partial charge on any atom is -0.371 e. The number of piperidine rings is 1. The Morgan fingerprint density at radius 2 is 1.70 bits per heavy atom. The summed E-state index contributed by atoms with van der Waals surface area (Å²) in [5.41, 5.74) is 1.39. The maximum absolute atomic E-state index is 13.5. The molecule has 3 aromatic carbocycles. The molecule has 1 aromatic heterocycles. The van der Waals surface area contributed by atoms with Gasteiger partial charge in [-0.3, -0.25) is 9.48 Å². The number of anilines is 1. The van der Waals surface area contributed by atoms with E-state index in [4.69, 9.17) is 0 Å². The van der Waals surface area contributed by atoms with E-state index in [-0.39, 0.29) is 6.04 Å². The summed E-state index contributed by atoms with van der Waals surface area (Å²) in [5.74, 6) is -1.78. The van der Waals surface area contributed by atoms with Gasteiger partial charge in [-0.25, -0.2) is 4.39 Å². The molecule has 0 atom stereocenters. The monoisotopic (exact) mass is 510 g/mol. The van der Waals surface area contributed by atoms with Crippen molar-refractivity contribution in [2.45, 2.75) is 25.1 Å². The molecule has 1 amide bonds. The van der Waals surface area contributed by atoms with Gasteiger partial charge >= 0.3 is 6.18 Å². The molecule has 2 heterocycles. The molecule has 0 bridgehead atoms. The number of hydrogen-bond acceptors (Lipinski definition) is 3. The third-order valence-electron chi connectivity index (χ3n) is 7.19. The Morgan fingerprint density at radius 1 is 1.00 bits per heavy atom. The Bertz CT molecular complexity index is 1450. The van der Waals surface area contributed by atoms with Crippen LogP contribution in [0.5, 0.6) is 0 Å². The van der Waals surface area contributed by atoms with Gasteiger partial charge < -0.3 is 9.80 Å². The molecule has 1 aliphatic rings. The number of amides is 1. The minimum absolute atomic E-state index is 0.227. The van der Waals surface area contributed by atoms with Crippen molar-refractivity contribution >= 4 is 22.4 Å². The highest BCUT2D eigenvalue weighted by atomic mass is 19.4. The van der Waals surface area contributed by atoms with Gasteiger partial charge in [-0.05, 0) is 48.6 Å². The van der Waals surface area contributed by atoms with Crippen molar-refractivity contribution < 1.29 is 22.4 Å². The second kappa shape index (κ2) is 9.53. The maximum Gasteiger partial charge on any atom is 0.417 e. The van der Waals surface area contributed by atoms with E-state index in [2.05, 4.69) is 34.3 Å². The number of benzene rings is 3. The summed E-state index contributed by atoms with van der Waals surface area (Å²) in [6.45, 7) is 1.29. The molecule has 0 N–H and O–H groups in total. The van der Waals surface area contributed by atoms with Gasteiger partial charge in [0.05, 0.1) is 16.8 Å². The van der Waals surface area contributed by atoms with Crippen LogP contribution < -0.4 is 4.90 Å². The SMILES string of the molecule is CN(C(=O)c1ccc(F)cc1C(F)(F)F)C1CCN(c2ccc(-c3ccnn3C)c3ccccc23)CC1. The fourth-order valence-electron chi connectivity index (χ4n) is 5.21. The number of aromatic nitrogens is 2. The predicted octanol–water partition coefficient (Wildman–Crippen LogP) is 6.14. The van der Waals surface area contributed by atoms with E-state index < -0.39 is 29.0 Å². The molecule has 9 heteroatoms. The van der Waals surface area contributed by atoms with Gasteiger partial charge in [0.15, 0.2) is 0 Å². The first kappa shape index (κ1) is 24.8. The molecule has 5 rings (SSSR count). The van der Waals surface area contributed by atoms with Crippen LogP contribution in [-0.4, -0.2) is 46.8 Å². The first-order valence-electron chi connectivity index (χ1n) is 12.0. The zero-order valence-electron chi connectivity index (χ0n) is 20.5. The summed E-state index contributed by atoms with van der Waals surface area (Å²) in [6, 6.07) is 16.3. The molecule has 1 saturated heterocycles. The van der Waals surface area contributed by atoms with E-state index in [0.29, 0.717) is 32.0 Å². The number of hydrogen-bond donors (Lipinski definition) is 0. The Morgan fingerprint density at radius 3 is 2.35 bits per heavy atom. The van der Waals surface area contributed by atoms with Gasteiger partial charge in [-0.15, -0.1) is 0 Å². The van der Waals surface area contributed by atoms with Gasteiger partial charge in [0, 0.05) is 56.1 Å². The zero-order chi connectivity index (χ0) is 26.3. The number of nitrogens with zero attached hydrogens (tertiary/aromatic N) is 4. The van der Waals surface area contributed by atoms with Crippen molar-refractivity contribution in [3.63, 3.8) is 0 Å². The lowest BCUT2D eigenvalue weighted by Crippen LogP contribution is -2.46. The summed E-state index contributed by atoms with van der Waals surface area (Å²) in [4.78, 5) is 16.6. The topological polar surface area (TPSA) is 41.4 Å². The summed E-state index contributed by atoms with van der Waals surface area (Å²) in [5, 5.41) is 6.50. The van der Waals surface area contributed by atoms with Gasteiger partial charge in [-0.2, -0.15) is 18.3 Å². The molecule has 1 fully saturated rings. The molecule has 5 nitrogen and oxygen atoms in total. The van der Waals surface area contributed by atoms with E-state index in [1.54, 1.807) is 6.20 Å². The second-order valence-corrected chi connectivity index (χ2v) is 9.34. The van der Waals surface area contributed by atoms with Gasteiger partial charge in [0.2, 0.25) is 0 Å². The van der Waals surface area contributed by atoms with Crippen LogP contribution in [0.3, 0.4) is 0 Å². The summed E-state index contributed by atoms with van der Waals surface area (Å²) < 4.78 is 55.7. The van der Waals surface area contributed by atoms with Crippen molar-refractivity contribution in [2.24, 2.45) is 7.05 Å². The number of carbonyl (C=O) groups is 1. The fraction of sp³-hybridized carbons (Fsp3) is 0.286. The number of fused-ring (bicyclic) bond motifs is 1. The number of carbonyl (C=O) groups excluding carboxylic acids is 1. The van der Waals surface area contributed by atoms with Crippen molar-refractivity contribution in [1.82, 2.24) is 14.7 Å². The van der Waals surface area contributed by atoms with Crippen LogP contribution in [0.25, 0.3) is 22.0 Å². The zero-order valence-corrected chi connectivity index (χ0v) is 20.5. The third kappa shape index (κ3) is 4.65. The fourth-order valence-corrected chi connectivity index (χ4v) is 5.21. The Labute approximate surface area is 211 Å². The van der Waals surface area contributed by atoms with E-state index in [1.165, 1.54) is 11.9 Å². The van der Waals surface area contributed by atoms with Crippen LogP contribution in [0.2, 0.25) is 0 Å². The average molecular weight is 511 g/mol. The molecule has 0 spiro atoms. The average Bonchev–Trinajstić information content (AvgIpc) is 3.32. The van der Waals surface area contributed by atoms with E-state index in [1.807, 2.05) is 29.9 Å². The number of halogens is 4. The van der Waals surface area contributed by atoms with Crippen molar-refractivity contribution in [1.29, 1.82) is 0 Å². The van der Waals surface area contributed by atoms with Crippen LogP contribution >= 0.6 is 0 Å². The lowest BCUT2D eigenvalue weighted by atomic mass is 9.97. The van der Waals surface area contributed by atoms with Gasteiger partial charge in [-0.1, -0.05) is 30.3 Å². The predicted molar refractivity (Wildman–Crippen MR) is 135 cm³/mol. The minimum atomic E-state index is -4.82. The van der Waals surface area contributed by atoms with Crippen LogP contribution in [0.15, 0.2) is 66.9 Å². The molecule has 0 radical (unpaired) electrons. The molecule has 0 aliphatic carbocycles. The second-order valence-electron chi connectivity index (χ2n) is 9.34. The number of aryl methyl sites for hydroxylation is 1. The summed E-state index contributed by atoms with van der Waals surface area (Å²) >= 11 is 0. The van der Waals surface area contributed by atoms with E-state index in [9.17, 15) is 22.4 Å². The smallest absolute Gasteiger partial charge is 0.371 e. The molecular formula is C28H26F4N4O. The quantitative estimate of drug-likeness (QED) is 0.310. The normalized spacial score (nSPS) is 14.8. The standard InChI is InChI=1S/C28H26F4N4O/c1-34(27(37)23-8-7-18(29)17-24(23)28(30,31)32)19-12-15-36(16-13-19)26-10-9-22(25-11-14-33-35(25)2)20-5-3-4-6-21(20)26/h3-11,14,17,19H,12-13,15-16H2,1-2H3. The molecule has 192 valence electrons. The summed E-state index contributed by atoms with van der Waals surface area (Å²) in [7, 11) is 3.43. The van der Waals surface area contributed by atoms with Crippen molar-refractivity contribution in [3.8, 4) is 11.3 Å². The van der Waals surface area contributed by atoms with Crippen LogP contribution in [-0.2, 0) is 13.2 Å². The number of alkyl halides is 3. The molecular weight excluding hydrogens is 484 g/mol. The first-order chi connectivity index (χ1) is 17.6. The first-order valence-corrected chi connectivity index (χ1v) is 12.0. The van der Waals surface area contributed by atoms with Crippen molar-refractivity contribution in [2.75, 3.05) is 25.0 Å². The van der Waals surface area contributed by atoms with Gasteiger partial charge in [0.25, 0.3) is 5.91 Å². The highest BCUT2D eigenvalue weighted by Gasteiger charge is 2.37. The molecule has 4 aromatic rings. The Kier molecular flexibility index (Phi) is 6.39. The lowest BCUT2D eigenvalue weighted by Gasteiger charge is -2.38. The van der Waals surface area contributed by atoms with Crippen LogP contribution in [0.1, 0.15) is 28.8 Å². The molecule has 0 unspecified atom stereocenters. The Balaban J connectivity index is 1.36. The summed E-state index contributed by atoms with van der Waals surface area (Å²) in [6.07, 6.45) is -1.85. The van der Waals surface area contributed by atoms with Crippen molar-refractivity contribution in [3.05, 3.63) is 83.8 Å². The third-order valence-corrected chi connectivity index (χ3v) is 7.19. The van der Waals surface area contributed by atoms with Crippen LogP contribution in [0.4, 0.5) is 23.2 Å². The number of rotatable bonds is 4. The lowest BCUT2D eigenvalue weighted by molar-refractivity contribution is -0.138. The molecule has 0 saturated carbocycles. The highest BCUT2D eigenvalue weighted by Crippen LogP contribution is 2.37. The largest absolute Gasteiger partial charge is 0.417 e. The molecule has 1 aliphatic heterocycles. The Hall–Kier alpha value is -3.88. The molecule has 37 heavy (non-hydrogen) atoms. The van der Waals surface area contributed by atoms with Crippen LogP contribution in [0, 0.1) is 5.82 Å². The maximum atomic E-state index is 13.5. The van der Waals surface area contributed by atoms with Gasteiger partial charge in [0.1, 0.15) is 5.82 Å². The van der Waals surface area contributed by atoms with E-state index in [0.717, 1.165) is 39.8 Å². The highest BCUT2D eigenvalue weighted by molar-refractivity contribution is 6.03. The van der Waals surface area contributed by atoms with E-state index >= 15 is 0 Å².